The highest BCUT2D eigenvalue weighted by Gasteiger charge is 2.13. The minimum atomic E-state index is -2.52. The van der Waals surface area contributed by atoms with Gasteiger partial charge in [-0.3, -0.25) is 4.98 Å². The van der Waals surface area contributed by atoms with E-state index in [1.165, 1.54) is 6.07 Å². The number of nitrogens with two attached hydrogens (primary N) is 1. The van der Waals surface area contributed by atoms with E-state index in [0.29, 0.717) is 11.4 Å². The zero-order valence-corrected chi connectivity index (χ0v) is 6.94. The van der Waals surface area contributed by atoms with Gasteiger partial charge in [-0.2, -0.15) is 0 Å². The Kier molecular flexibility index (Phi) is 2.26. The topological polar surface area (TPSA) is 38.9 Å². The van der Waals surface area contributed by atoms with Gasteiger partial charge in [0.25, 0.3) is 6.43 Å². The summed E-state index contributed by atoms with van der Waals surface area (Å²) in [6.45, 7) is 3.28. The van der Waals surface area contributed by atoms with Crippen LogP contribution in [-0.2, 0) is 0 Å². The minimum Gasteiger partial charge on any atom is -0.397 e. The molecule has 0 unspecified atom stereocenters. The van der Waals surface area contributed by atoms with Crippen LogP contribution in [0.2, 0.25) is 0 Å². The Hall–Kier alpha value is -1.19. The Morgan fingerprint density at radius 3 is 2.50 bits per heavy atom. The van der Waals surface area contributed by atoms with Gasteiger partial charge in [-0.15, -0.1) is 0 Å². The van der Waals surface area contributed by atoms with Gasteiger partial charge in [-0.05, 0) is 19.9 Å². The summed E-state index contributed by atoms with van der Waals surface area (Å²) in [7, 11) is 0. The second-order valence-electron chi connectivity index (χ2n) is 2.65. The summed E-state index contributed by atoms with van der Waals surface area (Å²) in [5, 5.41) is 0. The fourth-order valence-electron chi connectivity index (χ4n) is 1.05. The smallest absolute Gasteiger partial charge is 0.265 e. The highest BCUT2D eigenvalue weighted by atomic mass is 19.3. The minimum absolute atomic E-state index is 0.0931. The van der Waals surface area contributed by atoms with Gasteiger partial charge < -0.3 is 5.73 Å². The standard InChI is InChI=1S/C8H10F2N2/c1-4-3-6(8(9)10)7(11)5(2)12-4/h3,8H,11H2,1-2H3. The summed E-state index contributed by atoms with van der Waals surface area (Å²) in [5.74, 6) is 0. The van der Waals surface area contributed by atoms with Gasteiger partial charge in [-0.25, -0.2) is 8.78 Å². The van der Waals surface area contributed by atoms with Crippen molar-refractivity contribution in [3.8, 4) is 0 Å². The average Bonchev–Trinajstić information content (AvgIpc) is 1.96. The van der Waals surface area contributed by atoms with E-state index in [1.807, 2.05) is 0 Å². The predicted molar refractivity (Wildman–Crippen MR) is 43.1 cm³/mol. The Labute approximate surface area is 69.4 Å². The molecule has 12 heavy (non-hydrogen) atoms. The number of pyridine rings is 1. The number of alkyl halides is 2. The molecule has 2 N–H and O–H groups in total. The summed E-state index contributed by atoms with van der Waals surface area (Å²) in [6, 6.07) is 1.31. The van der Waals surface area contributed by atoms with Crippen molar-refractivity contribution < 1.29 is 8.78 Å². The van der Waals surface area contributed by atoms with Crippen LogP contribution >= 0.6 is 0 Å². The number of nitrogen functional groups attached to an aromatic ring is 1. The molecule has 0 saturated carbocycles. The van der Waals surface area contributed by atoms with Crippen LogP contribution in [0.4, 0.5) is 14.5 Å². The van der Waals surface area contributed by atoms with Crippen molar-refractivity contribution in [2.24, 2.45) is 0 Å². The van der Waals surface area contributed by atoms with Gasteiger partial charge in [0.1, 0.15) is 0 Å². The van der Waals surface area contributed by atoms with Crippen molar-refractivity contribution in [3.63, 3.8) is 0 Å². The van der Waals surface area contributed by atoms with Crippen LogP contribution in [0, 0.1) is 13.8 Å². The van der Waals surface area contributed by atoms with Gasteiger partial charge in [0.2, 0.25) is 0 Å². The molecule has 0 aliphatic heterocycles. The van der Waals surface area contributed by atoms with E-state index in [9.17, 15) is 8.78 Å². The third-order valence-corrected chi connectivity index (χ3v) is 1.64. The highest BCUT2D eigenvalue weighted by Crippen LogP contribution is 2.26. The molecule has 0 saturated heterocycles. The van der Waals surface area contributed by atoms with E-state index in [2.05, 4.69) is 4.98 Å². The molecule has 4 heteroatoms. The summed E-state index contributed by atoms with van der Waals surface area (Å²) in [5.41, 5.74) is 6.41. The molecule has 1 aromatic rings. The van der Waals surface area contributed by atoms with Crippen LogP contribution in [0.5, 0.6) is 0 Å². The maximum absolute atomic E-state index is 12.3. The zero-order valence-electron chi connectivity index (χ0n) is 6.94. The first-order chi connectivity index (χ1) is 5.52. The first kappa shape index (κ1) is 8.90. The zero-order chi connectivity index (χ0) is 9.30. The fraction of sp³-hybridized carbons (Fsp3) is 0.375. The summed E-state index contributed by atoms with van der Waals surface area (Å²) < 4.78 is 24.6. The lowest BCUT2D eigenvalue weighted by molar-refractivity contribution is 0.152. The summed E-state index contributed by atoms with van der Waals surface area (Å²) in [4.78, 5) is 3.96. The second kappa shape index (κ2) is 3.05. The van der Waals surface area contributed by atoms with Gasteiger partial charge in [0, 0.05) is 11.3 Å². The van der Waals surface area contributed by atoms with Crippen molar-refractivity contribution in [1.82, 2.24) is 4.98 Å². The molecule has 0 atom stereocenters. The third-order valence-electron chi connectivity index (χ3n) is 1.64. The molecule has 2 nitrogen and oxygen atoms in total. The fourth-order valence-corrected chi connectivity index (χ4v) is 1.05. The molecule has 0 aromatic carbocycles. The number of aryl methyl sites for hydroxylation is 2. The van der Waals surface area contributed by atoms with E-state index < -0.39 is 6.43 Å². The van der Waals surface area contributed by atoms with Crippen LogP contribution in [0.3, 0.4) is 0 Å². The van der Waals surface area contributed by atoms with E-state index in [0.717, 1.165) is 0 Å². The molecule has 0 aliphatic carbocycles. The lowest BCUT2D eigenvalue weighted by Crippen LogP contribution is -2.01. The lowest BCUT2D eigenvalue weighted by Gasteiger charge is -2.07. The number of aromatic nitrogens is 1. The van der Waals surface area contributed by atoms with Crippen LogP contribution in [0.25, 0.3) is 0 Å². The Bertz CT molecular complexity index is 297. The highest BCUT2D eigenvalue weighted by molar-refractivity contribution is 5.51. The van der Waals surface area contributed by atoms with Gasteiger partial charge in [0.15, 0.2) is 0 Å². The average molecular weight is 172 g/mol. The molecule has 1 aromatic heterocycles. The molecule has 66 valence electrons. The molecule has 1 heterocycles. The summed E-state index contributed by atoms with van der Waals surface area (Å²) >= 11 is 0. The molecule has 1 rings (SSSR count). The van der Waals surface area contributed by atoms with Gasteiger partial charge >= 0.3 is 0 Å². The quantitative estimate of drug-likeness (QED) is 0.705. The van der Waals surface area contributed by atoms with E-state index in [4.69, 9.17) is 5.73 Å². The molecular formula is C8H10F2N2. The molecular weight excluding hydrogens is 162 g/mol. The van der Waals surface area contributed by atoms with Crippen LogP contribution in [0.15, 0.2) is 6.07 Å². The molecule has 0 aliphatic rings. The van der Waals surface area contributed by atoms with Crippen molar-refractivity contribution in [2.45, 2.75) is 20.3 Å². The maximum Gasteiger partial charge on any atom is 0.265 e. The van der Waals surface area contributed by atoms with Crippen LogP contribution in [-0.4, -0.2) is 4.98 Å². The van der Waals surface area contributed by atoms with Crippen molar-refractivity contribution in [2.75, 3.05) is 5.73 Å². The van der Waals surface area contributed by atoms with Gasteiger partial charge in [-0.1, -0.05) is 0 Å². The van der Waals surface area contributed by atoms with E-state index >= 15 is 0 Å². The maximum atomic E-state index is 12.3. The van der Waals surface area contributed by atoms with Crippen molar-refractivity contribution in [3.05, 3.63) is 23.0 Å². The lowest BCUT2D eigenvalue weighted by atomic mass is 10.1. The number of hydrogen-bond acceptors (Lipinski definition) is 2. The predicted octanol–water partition coefficient (Wildman–Crippen LogP) is 2.22. The largest absolute Gasteiger partial charge is 0.397 e. The SMILES string of the molecule is Cc1cc(C(F)F)c(N)c(C)n1. The van der Waals surface area contributed by atoms with Crippen LogP contribution < -0.4 is 5.73 Å². The number of hydrogen-bond donors (Lipinski definition) is 1. The normalized spacial score (nSPS) is 10.8. The number of anilines is 1. The molecule has 0 radical (unpaired) electrons. The first-order valence-corrected chi connectivity index (χ1v) is 3.54. The molecule has 0 fully saturated rings. The number of halogens is 2. The first-order valence-electron chi connectivity index (χ1n) is 3.54. The van der Waals surface area contributed by atoms with Crippen molar-refractivity contribution in [1.29, 1.82) is 0 Å². The van der Waals surface area contributed by atoms with E-state index in [1.54, 1.807) is 13.8 Å². The molecule has 0 bridgehead atoms. The number of nitrogens with zero attached hydrogens (tertiary/aromatic N) is 1. The molecule has 0 amide bonds. The Balaban J connectivity index is 3.28. The molecule has 0 spiro atoms. The number of rotatable bonds is 1. The Morgan fingerprint density at radius 1 is 1.42 bits per heavy atom. The Morgan fingerprint density at radius 2 is 2.00 bits per heavy atom. The summed E-state index contributed by atoms with van der Waals surface area (Å²) in [6.07, 6.45) is -2.52. The van der Waals surface area contributed by atoms with Crippen LogP contribution in [0.1, 0.15) is 23.4 Å². The second-order valence-corrected chi connectivity index (χ2v) is 2.65. The van der Waals surface area contributed by atoms with Crippen molar-refractivity contribution >= 4 is 5.69 Å². The third kappa shape index (κ3) is 1.52. The van der Waals surface area contributed by atoms with E-state index in [-0.39, 0.29) is 11.3 Å². The van der Waals surface area contributed by atoms with Gasteiger partial charge in [0.05, 0.1) is 11.4 Å². The monoisotopic (exact) mass is 172 g/mol.